The Kier molecular flexibility index (Phi) is 4.42. The predicted octanol–water partition coefficient (Wildman–Crippen LogP) is 3.55. The van der Waals surface area contributed by atoms with Crippen molar-refractivity contribution >= 4 is 22.5 Å². The minimum Gasteiger partial charge on any atom is -0.326 e. The van der Waals surface area contributed by atoms with Crippen molar-refractivity contribution in [3.63, 3.8) is 0 Å². The maximum Gasteiger partial charge on any atom is 0.251 e. The zero-order chi connectivity index (χ0) is 17.1. The van der Waals surface area contributed by atoms with Gasteiger partial charge in [0.15, 0.2) is 0 Å². The third-order valence-corrected chi connectivity index (χ3v) is 3.84. The molecule has 5 heteroatoms. The van der Waals surface area contributed by atoms with Crippen molar-refractivity contribution in [3.05, 3.63) is 75.8 Å². The molecule has 0 unspecified atom stereocenters. The molecule has 0 radical (unpaired) electrons. The normalized spacial score (nSPS) is 10.8. The second-order valence-corrected chi connectivity index (χ2v) is 5.76. The number of rotatable bonds is 4. The number of amides is 1. The Morgan fingerprint density at radius 3 is 2.79 bits per heavy atom. The van der Waals surface area contributed by atoms with Gasteiger partial charge in [-0.3, -0.25) is 9.59 Å². The van der Waals surface area contributed by atoms with E-state index in [9.17, 15) is 14.0 Å². The van der Waals surface area contributed by atoms with Gasteiger partial charge in [0.05, 0.1) is 0 Å². The standard InChI is InChI=1S/C19H17FN2O2/c1-12-9-14-10-13(5-7-17(14)22-19(12)24)6-8-18(23)21-16-4-2-3-15(20)11-16/h2-5,7,9-11H,6,8H2,1H3,(H,21,23)(H,22,24). The Bertz CT molecular complexity index is 963. The van der Waals surface area contributed by atoms with Gasteiger partial charge in [-0.2, -0.15) is 0 Å². The largest absolute Gasteiger partial charge is 0.326 e. The third-order valence-electron chi connectivity index (χ3n) is 3.84. The Labute approximate surface area is 138 Å². The lowest BCUT2D eigenvalue weighted by Gasteiger charge is -2.07. The lowest BCUT2D eigenvalue weighted by atomic mass is 10.1. The number of carbonyl (C=O) groups is 1. The van der Waals surface area contributed by atoms with Crippen LogP contribution in [0.2, 0.25) is 0 Å². The molecule has 0 aliphatic rings. The summed E-state index contributed by atoms with van der Waals surface area (Å²) in [5, 5.41) is 3.62. The van der Waals surface area contributed by atoms with Gasteiger partial charge in [0.1, 0.15) is 5.82 Å². The van der Waals surface area contributed by atoms with E-state index in [4.69, 9.17) is 0 Å². The van der Waals surface area contributed by atoms with Crippen molar-refractivity contribution in [1.29, 1.82) is 0 Å². The van der Waals surface area contributed by atoms with Gasteiger partial charge in [-0.05, 0) is 60.7 Å². The fraction of sp³-hybridized carbons (Fsp3) is 0.158. The summed E-state index contributed by atoms with van der Waals surface area (Å²) in [6.07, 6.45) is 0.861. The maximum absolute atomic E-state index is 13.1. The number of anilines is 1. The highest BCUT2D eigenvalue weighted by molar-refractivity contribution is 5.91. The van der Waals surface area contributed by atoms with Crippen molar-refractivity contribution in [1.82, 2.24) is 4.98 Å². The molecule has 0 spiro atoms. The SMILES string of the molecule is Cc1cc2cc(CCC(=O)Nc3cccc(F)c3)ccc2[nH]c1=O. The summed E-state index contributed by atoms with van der Waals surface area (Å²) in [6, 6.07) is 13.4. The van der Waals surface area contributed by atoms with Crippen LogP contribution in [0, 0.1) is 12.7 Å². The Morgan fingerprint density at radius 1 is 1.17 bits per heavy atom. The van der Waals surface area contributed by atoms with Crippen LogP contribution in [0.15, 0.2) is 53.3 Å². The van der Waals surface area contributed by atoms with Crippen molar-refractivity contribution in [3.8, 4) is 0 Å². The van der Waals surface area contributed by atoms with Gasteiger partial charge in [-0.25, -0.2) is 4.39 Å². The first-order valence-electron chi connectivity index (χ1n) is 7.69. The number of carbonyl (C=O) groups excluding carboxylic acids is 1. The third kappa shape index (κ3) is 3.68. The van der Waals surface area contributed by atoms with E-state index >= 15 is 0 Å². The van der Waals surface area contributed by atoms with E-state index in [1.165, 1.54) is 12.1 Å². The first-order valence-corrected chi connectivity index (χ1v) is 7.69. The van der Waals surface area contributed by atoms with Gasteiger partial charge in [0.2, 0.25) is 5.91 Å². The lowest BCUT2D eigenvalue weighted by molar-refractivity contribution is -0.116. The van der Waals surface area contributed by atoms with E-state index in [2.05, 4.69) is 10.3 Å². The second-order valence-electron chi connectivity index (χ2n) is 5.76. The number of H-pyrrole nitrogens is 1. The minimum atomic E-state index is -0.383. The molecule has 3 aromatic rings. The Balaban J connectivity index is 1.67. The Hall–Kier alpha value is -2.95. The molecule has 122 valence electrons. The summed E-state index contributed by atoms with van der Waals surface area (Å²) >= 11 is 0. The molecule has 0 fully saturated rings. The molecule has 2 N–H and O–H groups in total. The van der Waals surface area contributed by atoms with Gasteiger partial charge in [-0.1, -0.05) is 12.1 Å². The molecule has 1 aromatic heterocycles. The summed E-state index contributed by atoms with van der Waals surface area (Å²) in [5.41, 5.74) is 2.79. The molecule has 0 saturated carbocycles. The number of aryl methyl sites for hydroxylation is 2. The smallest absolute Gasteiger partial charge is 0.251 e. The maximum atomic E-state index is 13.1. The molecular weight excluding hydrogens is 307 g/mol. The number of pyridine rings is 1. The number of aromatic amines is 1. The van der Waals surface area contributed by atoms with Gasteiger partial charge in [0, 0.05) is 23.2 Å². The molecule has 4 nitrogen and oxygen atoms in total. The fourth-order valence-electron chi connectivity index (χ4n) is 2.57. The van der Waals surface area contributed by atoms with Crippen LogP contribution < -0.4 is 10.9 Å². The average molecular weight is 324 g/mol. The summed E-state index contributed by atoms with van der Waals surface area (Å²) in [6.45, 7) is 1.76. The molecule has 0 bridgehead atoms. The van der Waals surface area contributed by atoms with Crippen molar-refractivity contribution in [2.75, 3.05) is 5.32 Å². The van der Waals surface area contributed by atoms with Gasteiger partial charge in [0.25, 0.3) is 5.56 Å². The van der Waals surface area contributed by atoms with E-state index in [1.807, 2.05) is 24.3 Å². The van der Waals surface area contributed by atoms with Crippen LogP contribution in [0.3, 0.4) is 0 Å². The molecule has 1 amide bonds. The summed E-state index contributed by atoms with van der Waals surface area (Å²) in [4.78, 5) is 26.4. The van der Waals surface area contributed by atoms with Crippen LogP contribution >= 0.6 is 0 Å². The first kappa shape index (κ1) is 15.9. The molecule has 0 aliphatic heterocycles. The van der Waals surface area contributed by atoms with Crippen LogP contribution in [-0.2, 0) is 11.2 Å². The van der Waals surface area contributed by atoms with E-state index < -0.39 is 0 Å². The first-order chi connectivity index (χ1) is 11.5. The van der Waals surface area contributed by atoms with E-state index in [0.717, 1.165) is 16.5 Å². The second kappa shape index (κ2) is 6.66. The topological polar surface area (TPSA) is 62.0 Å². The number of fused-ring (bicyclic) bond motifs is 1. The van der Waals surface area contributed by atoms with Crippen molar-refractivity contribution in [2.45, 2.75) is 19.8 Å². The molecule has 24 heavy (non-hydrogen) atoms. The highest BCUT2D eigenvalue weighted by Crippen LogP contribution is 2.15. The number of aromatic nitrogens is 1. The molecule has 3 rings (SSSR count). The molecule has 0 saturated heterocycles. The summed E-state index contributed by atoms with van der Waals surface area (Å²) in [7, 11) is 0. The van der Waals surface area contributed by atoms with Gasteiger partial charge < -0.3 is 10.3 Å². The Morgan fingerprint density at radius 2 is 2.00 bits per heavy atom. The van der Waals surface area contributed by atoms with E-state index in [-0.39, 0.29) is 17.3 Å². The number of halogens is 1. The van der Waals surface area contributed by atoms with E-state index in [0.29, 0.717) is 24.1 Å². The van der Waals surface area contributed by atoms with Crippen LogP contribution in [0.5, 0.6) is 0 Å². The fourth-order valence-corrected chi connectivity index (χ4v) is 2.57. The van der Waals surface area contributed by atoms with Gasteiger partial charge >= 0.3 is 0 Å². The van der Waals surface area contributed by atoms with Crippen molar-refractivity contribution < 1.29 is 9.18 Å². The summed E-state index contributed by atoms with van der Waals surface area (Å²) in [5.74, 6) is -0.551. The van der Waals surface area contributed by atoms with Crippen LogP contribution in [0.25, 0.3) is 10.9 Å². The average Bonchev–Trinajstić information content (AvgIpc) is 2.54. The lowest BCUT2D eigenvalue weighted by Crippen LogP contribution is -2.12. The number of nitrogens with one attached hydrogen (secondary N) is 2. The zero-order valence-electron chi connectivity index (χ0n) is 13.2. The molecular formula is C19H17FN2O2. The minimum absolute atomic E-state index is 0.0929. The highest BCUT2D eigenvalue weighted by Gasteiger charge is 2.05. The molecule has 2 aromatic carbocycles. The van der Waals surface area contributed by atoms with Gasteiger partial charge in [-0.15, -0.1) is 0 Å². The molecule has 0 aliphatic carbocycles. The molecule has 0 atom stereocenters. The number of hydrogen-bond donors (Lipinski definition) is 2. The predicted molar refractivity (Wildman–Crippen MR) is 92.7 cm³/mol. The van der Waals surface area contributed by atoms with Crippen LogP contribution in [-0.4, -0.2) is 10.9 Å². The van der Waals surface area contributed by atoms with Crippen LogP contribution in [0.1, 0.15) is 17.5 Å². The quantitative estimate of drug-likeness (QED) is 0.771. The zero-order valence-corrected chi connectivity index (χ0v) is 13.2. The molecule has 1 heterocycles. The number of hydrogen-bond acceptors (Lipinski definition) is 2. The van der Waals surface area contributed by atoms with Crippen LogP contribution in [0.4, 0.5) is 10.1 Å². The van der Waals surface area contributed by atoms with Crippen molar-refractivity contribution in [2.24, 2.45) is 0 Å². The summed E-state index contributed by atoms with van der Waals surface area (Å²) < 4.78 is 13.1. The number of benzene rings is 2. The monoisotopic (exact) mass is 324 g/mol. The highest BCUT2D eigenvalue weighted by atomic mass is 19.1. The van der Waals surface area contributed by atoms with E-state index in [1.54, 1.807) is 19.1 Å².